The number of hydrogen-bond acceptors (Lipinski definition) is 3. The molecule has 138 valence electrons. The average Bonchev–Trinajstić information content (AvgIpc) is 3.39. The Morgan fingerprint density at radius 1 is 1.08 bits per heavy atom. The second-order valence-electron chi connectivity index (χ2n) is 7.73. The summed E-state index contributed by atoms with van der Waals surface area (Å²) in [6, 6.07) is 8.13. The Balaban J connectivity index is 1.58. The molecule has 0 aliphatic heterocycles. The molecule has 6 heteroatoms. The lowest BCUT2D eigenvalue weighted by molar-refractivity contribution is 0.0580. The summed E-state index contributed by atoms with van der Waals surface area (Å²) in [6.07, 6.45) is 6.81. The zero-order chi connectivity index (χ0) is 18.3. The summed E-state index contributed by atoms with van der Waals surface area (Å²) in [4.78, 5) is 19.8. The summed E-state index contributed by atoms with van der Waals surface area (Å²) in [6.45, 7) is 4.18. The molecular weight excluding hydrogens is 348 g/mol. The largest absolute Gasteiger partial charge is 0.330 e. The van der Waals surface area contributed by atoms with Gasteiger partial charge in [0.1, 0.15) is 5.82 Å². The van der Waals surface area contributed by atoms with E-state index in [1.54, 1.807) is 4.68 Å². The van der Waals surface area contributed by atoms with Crippen LogP contribution in [0.2, 0.25) is 5.02 Å². The molecule has 2 aliphatic carbocycles. The zero-order valence-corrected chi connectivity index (χ0v) is 16.1. The molecule has 2 fully saturated rings. The van der Waals surface area contributed by atoms with Crippen LogP contribution in [0.25, 0.3) is 5.69 Å². The van der Waals surface area contributed by atoms with Crippen molar-refractivity contribution in [1.29, 1.82) is 0 Å². The van der Waals surface area contributed by atoms with E-state index >= 15 is 0 Å². The van der Waals surface area contributed by atoms with Crippen LogP contribution >= 0.6 is 11.6 Å². The number of aromatic nitrogens is 3. The first kappa shape index (κ1) is 17.5. The molecule has 0 saturated heterocycles. The average molecular weight is 373 g/mol. The van der Waals surface area contributed by atoms with Gasteiger partial charge in [-0.15, -0.1) is 5.10 Å². The van der Waals surface area contributed by atoms with Gasteiger partial charge in [0.05, 0.1) is 5.69 Å². The summed E-state index contributed by atoms with van der Waals surface area (Å²) in [5, 5.41) is 5.20. The molecule has 4 rings (SSSR count). The van der Waals surface area contributed by atoms with Gasteiger partial charge in [0, 0.05) is 17.1 Å². The number of aryl methyl sites for hydroxylation is 1. The Hall–Kier alpha value is -1.88. The number of carbonyl (C=O) groups is 1. The van der Waals surface area contributed by atoms with Crippen molar-refractivity contribution in [3.63, 3.8) is 0 Å². The van der Waals surface area contributed by atoms with Gasteiger partial charge in [-0.25, -0.2) is 9.67 Å². The number of carbonyl (C=O) groups excluding carboxylic acids is 1. The van der Waals surface area contributed by atoms with Crippen LogP contribution in [-0.4, -0.2) is 37.7 Å². The Morgan fingerprint density at radius 2 is 1.65 bits per heavy atom. The molecule has 1 aromatic carbocycles. The summed E-state index contributed by atoms with van der Waals surface area (Å²) in [7, 11) is 0. The fraction of sp³-hybridized carbons (Fsp3) is 0.550. The molecule has 1 heterocycles. The number of hydrogen-bond donors (Lipinski definition) is 0. The van der Waals surface area contributed by atoms with E-state index < -0.39 is 0 Å². The predicted octanol–water partition coefficient (Wildman–Crippen LogP) is 4.41. The van der Waals surface area contributed by atoms with Crippen molar-refractivity contribution in [3.8, 4) is 5.69 Å². The van der Waals surface area contributed by atoms with Crippen molar-refractivity contribution >= 4 is 17.5 Å². The van der Waals surface area contributed by atoms with Crippen molar-refractivity contribution in [3.05, 3.63) is 40.9 Å². The third kappa shape index (κ3) is 3.50. The molecule has 2 aromatic rings. The minimum absolute atomic E-state index is 0.0112. The van der Waals surface area contributed by atoms with Gasteiger partial charge in [0.15, 0.2) is 0 Å². The second kappa shape index (κ2) is 7.03. The molecule has 0 atom stereocenters. The van der Waals surface area contributed by atoms with Crippen molar-refractivity contribution in [1.82, 2.24) is 19.7 Å². The number of nitrogens with zero attached hydrogens (tertiary/aromatic N) is 4. The maximum absolute atomic E-state index is 13.2. The van der Waals surface area contributed by atoms with Crippen molar-refractivity contribution in [2.45, 2.75) is 64.5 Å². The monoisotopic (exact) mass is 372 g/mol. The molecule has 2 saturated carbocycles. The topological polar surface area (TPSA) is 51.0 Å². The minimum atomic E-state index is -0.0112. The van der Waals surface area contributed by atoms with Crippen LogP contribution in [0.4, 0.5) is 0 Å². The molecule has 5 nitrogen and oxygen atoms in total. The summed E-state index contributed by atoms with van der Waals surface area (Å²) < 4.78 is 1.72. The normalized spacial score (nSPS) is 23.0. The Morgan fingerprint density at radius 3 is 2.23 bits per heavy atom. The standard InChI is InChI=1S/C20H25ClN4O/c1-13-3-7-16(8-4-13)24(17-11-12-17)20(26)19-22-14(2)25(23-19)18-9-5-15(21)6-10-18/h5-6,9-10,13,16-17H,3-4,7-8,11-12H2,1-2H3. The first-order chi connectivity index (χ1) is 12.5. The lowest BCUT2D eigenvalue weighted by atomic mass is 9.86. The van der Waals surface area contributed by atoms with E-state index in [2.05, 4.69) is 21.9 Å². The Labute approximate surface area is 159 Å². The van der Waals surface area contributed by atoms with Crippen LogP contribution in [0.15, 0.2) is 24.3 Å². The van der Waals surface area contributed by atoms with Crippen LogP contribution in [0.3, 0.4) is 0 Å². The van der Waals surface area contributed by atoms with Crippen LogP contribution < -0.4 is 0 Å². The summed E-state index contributed by atoms with van der Waals surface area (Å²) in [5.74, 6) is 1.78. The molecule has 1 amide bonds. The van der Waals surface area contributed by atoms with Crippen molar-refractivity contribution in [2.24, 2.45) is 5.92 Å². The van der Waals surface area contributed by atoms with E-state index in [1.807, 2.05) is 31.2 Å². The zero-order valence-electron chi connectivity index (χ0n) is 15.4. The maximum atomic E-state index is 13.2. The SMILES string of the molecule is Cc1nc(C(=O)N(C2CCC(C)CC2)C2CC2)nn1-c1ccc(Cl)cc1. The highest BCUT2D eigenvalue weighted by atomic mass is 35.5. The van der Waals surface area contributed by atoms with Gasteiger partial charge in [-0.3, -0.25) is 4.79 Å². The highest BCUT2D eigenvalue weighted by molar-refractivity contribution is 6.30. The third-order valence-corrected chi connectivity index (χ3v) is 5.84. The van der Waals surface area contributed by atoms with Crippen molar-refractivity contribution in [2.75, 3.05) is 0 Å². The van der Waals surface area contributed by atoms with Gasteiger partial charge >= 0.3 is 0 Å². The molecule has 2 aliphatic rings. The smallest absolute Gasteiger partial charge is 0.294 e. The molecule has 0 N–H and O–H groups in total. The fourth-order valence-electron chi connectivity index (χ4n) is 3.93. The lowest BCUT2D eigenvalue weighted by Gasteiger charge is -2.35. The highest BCUT2D eigenvalue weighted by Crippen LogP contribution is 2.36. The number of benzene rings is 1. The van der Waals surface area contributed by atoms with Crippen LogP contribution in [0.5, 0.6) is 0 Å². The Kier molecular flexibility index (Phi) is 4.74. The molecule has 1 aromatic heterocycles. The number of amides is 1. The van der Waals surface area contributed by atoms with E-state index in [9.17, 15) is 4.79 Å². The van der Waals surface area contributed by atoms with Crippen LogP contribution in [0, 0.1) is 12.8 Å². The van der Waals surface area contributed by atoms with Gasteiger partial charge in [-0.05, 0) is 75.6 Å². The maximum Gasteiger partial charge on any atom is 0.294 e. The first-order valence-corrected chi connectivity index (χ1v) is 9.93. The predicted molar refractivity (Wildman–Crippen MR) is 102 cm³/mol. The van der Waals surface area contributed by atoms with E-state index in [1.165, 1.54) is 12.8 Å². The van der Waals surface area contributed by atoms with Gasteiger partial charge in [-0.1, -0.05) is 18.5 Å². The summed E-state index contributed by atoms with van der Waals surface area (Å²) in [5.41, 5.74) is 0.864. The van der Waals surface area contributed by atoms with Gasteiger partial charge in [0.2, 0.25) is 5.82 Å². The summed E-state index contributed by atoms with van der Waals surface area (Å²) >= 11 is 5.97. The molecular formula is C20H25ClN4O. The number of rotatable bonds is 4. The highest BCUT2D eigenvalue weighted by Gasteiger charge is 2.40. The molecule has 0 unspecified atom stereocenters. The quantitative estimate of drug-likeness (QED) is 0.798. The van der Waals surface area contributed by atoms with E-state index in [0.717, 1.165) is 37.3 Å². The molecule has 0 spiro atoms. The molecule has 0 bridgehead atoms. The van der Waals surface area contributed by atoms with Gasteiger partial charge in [0.25, 0.3) is 5.91 Å². The fourth-order valence-corrected chi connectivity index (χ4v) is 4.05. The van der Waals surface area contributed by atoms with E-state index in [4.69, 9.17) is 11.6 Å². The number of halogens is 1. The third-order valence-electron chi connectivity index (χ3n) is 5.58. The van der Waals surface area contributed by atoms with Crippen LogP contribution in [-0.2, 0) is 0 Å². The van der Waals surface area contributed by atoms with Crippen LogP contribution in [0.1, 0.15) is 61.9 Å². The second-order valence-corrected chi connectivity index (χ2v) is 8.16. The first-order valence-electron chi connectivity index (χ1n) is 9.55. The van der Waals surface area contributed by atoms with Gasteiger partial charge < -0.3 is 4.90 Å². The van der Waals surface area contributed by atoms with E-state index in [0.29, 0.717) is 28.8 Å². The molecule has 26 heavy (non-hydrogen) atoms. The lowest BCUT2D eigenvalue weighted by Crippen LogP contribution is -2.44. The van der Waals surface area contributed by atoms with E-state index in [-0.39, 0.29) is 5.91 Å². The van der Waals surface area contributed by atoms with Crippen molar-refractivity contribution < 1.29 is 4.79 Å². The minimum Gasteiger partial charge on any atom is -0.330 e. The van der Waals surface area contributed by atoms with Gasteiger partial charge in [-0.2, -0.15) is 0 Å². The Bertz CT molecular complexity index is 789. The molecule has 0 radical (unpaired) electrons.